The van der Waals surface area contributed by atoms with E-state index < -0.39 is 30.6 Å². The minimum absolute atomic E-state index is 0.348. The number of nitrogens with one attached hydrogen (secondary N) is 1. The third kappa shape index (κ3) is 3.66. The van der Waals surface area contributed by atoms with Crippen molar-refractivity contribution < 1.29 is 28.7 Å². The van der Waals surface area contributed by atoms with Crippen LogP contribution in [0.15, 0.2) is 0 Å². The Kier molecular flexibility index (Phi) is 4.97. The Bertz CT molecular complexity index is 537. The van der Waals surface area contributed by atoms with Crippen LogP contribution in [0.5, 0.6) is 0 Å². The molecular formula is C14H19N3O6. The summed E-state index contributed by atoms with van der Waals surface area (Å²) in [6, 6.07) is -1.06. The van der Waals surface area contributed by atoms with Crippen LogP contribution in [0.2, 0.25) is 0 Å². The molecule has 1 saturated heterocycles. The number of esters is 1. The standard InChI is InChI=1S/C14H19N3O6/c1-7(11(19)16-14(15)22)23-10(18)6-17-12(20)8-4-2-3-5-9(8)13(17)21/h7-9H,2-6H2,1H3,(H3,15,16,19,22)/t7-,8+,9+/m1/s1. The van der Waals surface area contributed by atoms with Gasteiger partial charge in [0.15, 0.2) is 6.10 Å². The van der Waals surface area contributed by atoms with Crippen molar-refractivity contribution in [2.45, 2.75) is 38.7 Å². The number of nitrogens with two attached hydrogens (primary N) is 1. The Morgan fingerprint density at radius 3 is 2.22 bits per heavy atom. The highest BCUT2D eigenvalue weighted by Crippen LogP contribution is 2.37. The van der Waals surface area contributed by atoms with Gasteiger partial charge in [-0.1, -0.05) is 12.8 Å². The van der Waals surface area contributed by atoms with E-state index >= 15 is 0 Å². The van der Waals surface area contributed by atoms with Crippen LogP contribution >= 0.6 is 0 Å². The molecule has 0 bridgehead atoms. The van der Waals surface area contributed by atoms with E-state index in [-0.39, 0.29) is 23.7 Å². The molecule has 9 nitrogen and oxygen atoms in total. The maximum atomic E-state index is 12.2. The Morgan fingerprint density at radius 1 is 1.22 bits per heavy atom. The number of urea groups is 1. The lowest BCUT2D eigenvalue weighted by atomic mass is 9.81. The monoisotopic (exact) mass is 325 g/mol. The molecule has 0 unspecified atom stereocenters. The van der Waals surface area contributed by atoms with Crippen molar-refractivity contribution in [1.82, 2.24) is 10.2 Å². The largest absolute Gasteiger partial charge is 0.451 e. The molecule has 2 rings (SSSR count). The molecule has 9 heteroatoms. The molecule has 0 spiro atoms. The first kappa shape index (κ1) is 16.9. The van der Waals surface area contributed by atoms with E-state index in [9.17, 15) is 24.0 Å². The van der Waals surface area contributed by atoms with Gasteiger partial charge in [0.2, 0.25) is 11.8 Å². The molecule has 126 valence electrons. The fourth-order valence-corrected chi connectivity index (χ4v) is 3.03. The highest BCUT2D eigenvalue weighted by molar-refractivity contribution is 6.07. The quantitative estimate of drug-likeness (QED) is 0.517. The van der Waals surface area contributed by atoms with Gasteiger partial charge in [0.05, 0.1) is 11.8 Å². The number of amides is 5. The molecule has 1 aliphatic carbocycles. The van der Waals surface area contributed by atoms with Crippen molar-refractivity contribution in [2.75, 3.05) is 6.54 Å². The van der Waals surface area contributed by atoms with Crippen LogP contribution in [0.4, 0.5) is 4.79 Å². The number of carbonyl (C=O) groups is 5. The van der Waals surface area contributed by atoms with Crippen LogP contribution in [0.25, 0.3) is 0 Å². The molecule has 1 aliphatic heterocycles. The van der Waals surface area contributed by atoms with Gasteiger partial charge in [-0.05, 0) is 19.8 Å². The molecule has 1 saturated carbocycles. The molecule has 0 aromatic rings. The van der Waals surface area contributed by atoms with Crippen LogP contribution in [0, 0.1) is 11.8 Å². The smallest absolute Gasteiger partial charge is 0.326 e. The van der Waals surface area contributed by atoms with E-state index in [1.165, 1.54) is 6.92 Å². The van der Waals surface area contributed by atoms with E-state index in [2.05, 4.69) is 0 Å². The zero-order valence-corrected chi connectivity index (χ0v) is 12.7. The number of primary amides is 1. The summed E-state index contributed by atoms with van der Waals surface area (Å²) < 4.78 is 4.82. The summed E-state index contributed by atoms with van der Waals surface area (Å²) in [6.45, 7) is 0.725. The normalized spacial score (nSPS) is 24.8. The second-order valence-electron chi connectivity index (χ2n) is 5.75. The fourth-order valence-electron chi connectivity index (χ4n) is 3.03. The minimum atomic E-state index is -1.26. The third-order valence-corrected chi connectivity index (χ3v) is 4.14. The second kappa shape index (κ2) is 6.76. The topological polar surface area (TPSA) is 136 Å². The molecule has 0 aromatic carbocycles. The lowest BCUT2D eigenvalue weighted by Crippen LogP contribution is -2.44. The lowest BCUT2D eigenvalue weighted by Gasteiger charge is -2.19. The lowest BCUT2D eigenvalue weighted by molar-refractivity contribution is -0.159. The molecule has 2 aliphatic rings. The van der Waals surface area contributed by atoms with E-state index in [4.69, 9.17) is 10.5 Å². The van der Waals surface area contributed by atoms with E-state index in [0.717, 1.165) is 17.7 Å². The van der Waals surface area contributed by atoms with Gasteiger partial charge in [-0.25, -0.2) is 4.79 Å². The van der Waals surface area contributed by atoms with Crippen molar-refractivity contribution >= 4 is 29.7 Å². The first-order valence-electron chi connectivity index (χ1n) is 7.46. The van der Waals surface area contributed by atoms with E-state index in [1.807, 2.05) is 0 Å². The molecule has 5 amide bonds. The summed E-state index contributed by atoms with van der Waals surface area (Å²) in [5, 5.41) is 1.77. The zero-order chi connectivity index (χ0) is 17.1. The average Bonchev–Trinajstić information content (AvgIpc) is 2.72. The predicted octanol–water partition coefficient (Wildman–Crippen LogP) is -0.712. The molecular weight excluding hydrogens is 306 g/mol. The summed E-state index contributed by atoms with van der Waals surface area (Å²) in [5.74, 6) is -3.17. The first-order chi connectivity index (χ1) is 10.8. The van der Waals surface area contributed by atoms with Crippen molar-refractivity contribution in [3.63, 3.8) is 0 Å². The number of nitrogens with zero attached hydrogens (tertiary/aromatic N) is 1. The van der Waals surface area contributed by atoms with Crippen LogP contribution < -0.4 is 11.1 Å². The number of rotatable bonds is 4. The molecule has 3 atom stereocenters. The number of hydrogen-bond donors (Lipinski definition) is 2. The Labute approximate surface area is 132 Å². The summed E-state index contributed by atoms with van der Waals surface area (Å²) >= 11 is 0. The number of fused-ring (bicyclic) bond motifs is 1. The summed E-state index contributed by atoms with van der Waals surface area (Å²) in [6.07, 6.45) is 1.83. The average molecular weight is 325 g/mol. The van der Waals surface area contributed by atoms with Gasteiger partial charge in [0.1, 0.15) is 6.54 Å². The predicted molar refractivity (Wildman–Crippen MR) is 75.4 cm³/mol. The molecule has 2 fully saturated rings. The van der Waals surface area contributed by atoms with Crippen LogP contribution in [0.1, 0.15) is 32.6 Å². The van der Waals surface area contributed by atoms with Crippen molar-refractivity contribution in [3.05, 3.63) is 0 Å². The SMILES string of the molecule is C[C@@H](OC(=O)CN1C(=O)[C@H]2CCCC[C@@H]2C1=O)C(=O)NC(N)=O. The molecule has 23 heavy (non-hydrogen) atoms. The van der Waals surface area contributed by atoms with Crippen molar-refractivity contribution in [1.29, 1.82) is 0 Å². The second-order valence-corrected chi connectivity index (χ2v) is 5.75. The summed E-state index contributed by atoms with van der Waals surface area (Å²) in [4.78, 5) is 59.1. The molecule has 3 N–H and O–H groups in total. The van der Waals surface area contributed by atoms with Gasteiger partial charge >= 0.3 is 12.0 Å². The number of imide groups is 2. The number of hydrogen-bond acceptors (Lipinski definition) is 6. The first-order valence-corrected chi connectivity index (χ1v) is 7.46. The van der Waals surface area contributed by atoms with E-state index in [1.54, 1.807) is 5.32 Å². The van der Waals surface area contributed by atoms with Crippen molar-refractivity contribution in [3.8, 4) is 0 Å². The Hall–Kier alpha value is -2.45. The van der Waals surface area contributed by atoms with Crippen LogP contribution in [-0.4, -0.2) is 47.3 Å². The molecule has 0 radical (unpaired) electrons. The van der Waals surface area contributed by atoms with Gasteiger partial charge < -0.3 is 10.5 Å². The highest BCUT2D eigenvalue weighted by Gasteiger charge is 2.48. The van der Waals surface area contributed by atoms with Crippen molar-refractivity contribution in [2.24, 2.45) is 17.6 Å². The third-order valence-electron chi connectivity index (χ3n) is 4.14. The molecule has 1 heterocycles. The van der Waals surface area contributed by atoms with Gasteiger partial charge in [0, 0.05) is 0 Å². The zero-order valence-electron chi connectivity index (χ0n) is 12.7. The summed E-state index contributed by atoms with van der Waals surface area (Å²) in [5.41, 5.74) is 4.79. The van der Waals surface area contributed by atoms with Gasteiger partial charge in [-0.15, -0.1) is 0 Å². The van der Waals surface area contributed by atoms with Crippen LogP contribution in [0.3, 0.4) is 0 Å². The van der Waals surface area contributed by atoms with Crippen LogP contribution in [-0.2, 0) is 23.9 Å². The Morgan fingerprint density at radius 2 is 1.74 bits per heavy atom. The van der Waals surface area contributed by atoms with E-state index in [0.29, 0.717) is 12.8 Å². The maximum absolute atomic E-state index is 12.2. The number of ether oxygens (including phenoxy) is 1. The maximum Gasteiger partial charge on any atom is 0.326 e. The van der Waals surface area contributed by atoms with Gasteiger partial charge in [-0.3, -0.25) is 29.4 Å². The molecule has 0 aromatic heterocycles. The summed E-state index contributed by atoms with van der Waals surface area (Å²) in [7, 11) is 0. The van der Waals surface area contributed by atoms with Gasteiger partial charge in [0.25, 0.3) is 5.91 Å². The Balaban J connectivity index is 1.92. The minimum Gasteiger partial charge on any atom is -0.451 e. The fraction of sp³-hybridized carbons (Fsp3) is 0.643. The number of likely N-dealkylation sites (tertiary alicyclic amines) is 1. The van der Waals surface area contributed by atoms with Gasteiger partial charge in [-0.2, -0.15) is 0 Å². The number of carbonyl (C=O) groups excluding carboxylic acids is 5. The highest BCUT2D eigenvalue weighted by atomic mass is 16.5.